The number of nitrogens with zero attached hydrogens (tertiary/aromatic N) is 2. The highest BCUT2D eigenvalue weighted by Crippen LogP contribution is 2.48. The van der Waals surface area contributed by atoms with Crippen LogP contribution in [0.3, 0.4) is 0 Å². The molecule has 2 aromatic heterocycles. The Morgan fingerprint density at radius 3 is 2.33 bits per heavy atom. The predicted molar refractivity (Wildman–Crippen MR) is 111 cm³/mol. The molecule has 0 radical (unpaired) electrons. The quantitative estimate of drug-likeness (QED) is 0.328. The Morgan fingerprint density at radius 1 is 0.879 bits per heavy atom. The molecule has 0 aliphatic heterocycles. The predicted octanol–water partition coefficient (Wildman–Crippen LogP) is 7.15. The SMILES string of the molecule is Fc1ccc2nccc([C@H]3CC[C@@H]([C@H](c4nc5cc(F)c(F)cc5[nH]4)C(F)(F)F)CC3)c2c1. The first kappa shape index (κ1) is 21.7. The lowest BCUT2D eigenvalue weighted by atomic mass is 9.73. The van der Waals surface area contributed by atoms with Crippen LogP contribution in [0.2, 0.25) is 0 Å². The molecule has 1 saturated carbocycles. The van der Waals surface area contributed by atoms with Crippen LogP contribution in [0.4, 0.5) is 26.3 Å². The molecular weight excluding hydrogens is 444 g/mol. The monoisotopic (exact) mass is 463 g/mol. The molecule has 0 saturated heterocycles. The van der Waals surface area contributed by atoms with Gasteiger partial charge >= 0.3 is 6.18 Å². The van der Waals surface area contributed by atoms with Gasteiger partial charge in [0.1, 0.15) is 17.6 Å². The van der Waals surface area contributed by atoms with Crippen molar-refractivity contribution in [2.75, 3.05) is 0 Å². The average Bonchev–Trinajstić information content (AvgIpc) is 3.15. The smallest absolute Gasteiger partial charge is 0.341 e. The summed E-state index contributed by atoms with van der Waals surface area (Å²) in [5.74, 6) is -5.65. The van der Waals surface area contributed by atoms with Crippen molar-refractivity contribution in [3.8, 4) is 0 Å². The molecule has 5 rings (SSSR count). The number of fused-ring (bicyclic) bond motifs is 2. The summed E-state index contributed by atoms with van der Waals surface area (Å²) in [5, 5.41) is 0.676. The molecule has 33 heavy (non-hydrogen) atoms. The van der Waals surface area contributed by atoms with E-state index in [1.807, 2.05) is 0 Å². The summed E-state index contributed by atoms with van der Waals surface area (Å²) < 4.78 is 83.1. The number of aromatic nitrogens is 3. The van der Waals surface area contributed by atoms with Crippen LogP contribution in [-0.4, -0.2) is 21.1 Å². The molecule has 1 atom stereocenters. The largest absolute Gasteiger partial charge is 0.399 e. The number of rotatable bonds is 3. The summed E-state index contributed by atoms with van der Waals surface area (Å²) in [6, 6.07) is 7.74. The molecule has 0 bridgehead atoms. The van der Waals surface area contributed by atoms with Crippen molar-refractivity contribution in [3.05, 3.63) is 71.4 Å². The van der Waals surface area contributed by atoms with Gasteiger partial charge in [-0.1, -0.05) is 0 Å². The van der Waals surface area contributed by atoms with Gasteiger partial charge in [0, 0.05) is 23.7 Å². The summed E-state index contributed by atoms with van der Waals surface area (Å²) in [6.07, 6.45) is -1.38. The maximum atomic E-state index is 14.1. The van der Waals surface area contributed by atoms with Gasteiger partial charge in [-0.15, -0.1) is 0 Å². The fourth-order valence-electron chi connectivity index (χ4n) is 5.08. The van der Waals surface area contributed by atoms with E-state index in [2.05, 4.69) is 15.0 Å². The molecule has 172 valence electrons. The highest BCUT2D eigenvalue weighted by Gasteiger charge is 2.48. The number of benzene rings is 2. The van der Waals surface area contributed by atoms with Gasteiger partial charge in [0.15, 0.2) is 11.6 Å². The van der Waals surface area contributed by atoms with Crippen molar-refractivity contribution in [2.24, 2.45) is 5.92 Å². The minimum absolute atomic E-state index is 0.0127. The molecule has 4 aromatic rings. The second-order valence-corrected chi connectivity index (χ2v) is 8.60. The van der Waals surface area contributed by atoms with E-state index < -0.39 is 29.6 Å². The molecule has 0 amide bonds. The first-order valence-corrected chi connectivity index (χ1v) is 10.7. The van der Waals surface area contributed by atoms with E-state index in [9.17, 15) is 26.3 Å². The van der Waals surface area contributed by atoms with Crippen molar-refractivity contribution >= 4 is 21.9 Å². The number of aromatic amines is 1. The van der Waals surface area contributed by atoms with E-state index in [0.717, 1.165) is 17.7 Å². The minimum Gasteiger partial charge on any atom is -0.341 e. The number of hydrogen-bond acceptors (Lipinski definition) is 2. The third kappa shape index (κ3) is 4.05. The Bertz CT molecular complexity index is 1280. The van der Waals surface area contributed by atoms with Gasteiger partial charge in [-0.05, 0) is 67.3 Å². The standard InChI is InChI=1S/C24H19F6N3/c25-14-5-6-19-16(9-14)15(7-8-31-19)12-1-3-13(4-2-12)22(24(28,29)30)23-32-20-10-17(26)18(27)11-21(20)33-23/h5-13,22H,1-4H2,(H,32,33)/t12-,13+,22-/m1/s1. The van der Waals surface area contributed by atoms with E-state index in [4.69, 9.17) is 0 Å². The van der Waals surface area contributed by atoms with Gasteiger partial charge in [-0.3, -0.25) is 4.98 Å². The molecule has 3 nitrogen and oxygen atoms in total. The van der Waals surface area contributed by atoms with Crippen molar-refractivity contribution in [3.63, 3.8) is 0 Å². The molecule has 2 aromatic carbocycles. The van der Waals surface area contributed by atoms with Crippen molar-refractivity contribution in [1.29, 1.82) is 0 Å². The molecule has 1 aliphatic carbocycles. The van der Waals surface area contributed by atoms with Crippen LogP contribution in [0.15, 0.2) is 42.6 Å². The first-order chi connectivity index (χ1) is 15.7. The topological polar surface area (TPSA) is 41.6 Å². The van der Waals surface area contributed by atoms with Crippen LogP contribution in [0.25, 0.3) is 21.9 Å². The van der Waals surface area contributed by atoms with Crippen molar-refractivity contribution in [1.82, 2.24) is 15.0 Å². The van der Waals surface area contributed by atoms with Gasteiger partial charge in [0.25, 0.3) is 0 Å². The van der Waals surface area contributed by atoms with Crippen molar-refractivity contribution in [2.45, 2.75) is 43.7 Å². The lowest BCUT2D eigenvalue weighted by molar-refractivity contribution is -0.166. The van der Waals surface area contributed by atoms with E-state index in [0.29, 0.717) is 23.7 Å². The molecule has 1 aliphatic rings. The Kier molecular flexibility index (Phi) is 5.29. The van der Waals surface area contributed by atoms with Crippen molar-refractivity contribution < 1.29 is 26.3 Å². The maximum Gasteiger partial charge on any atom is 0.399 e. The lowest BCUT2D eigenvalue weighted by Crippen LogP contribution is -2.31. The number of hydrogen-bond donors (Lipinski definition) is 1. The van der Waals surface area contributed by atoms with Crippen LogP contribution in [0.1, 0.15) is 48.9 Å². The lowest BCUT2D eigenvalue weighted by Gasteiger charge is -2.34. The van der Waals surface area contributed by atoms with Gasteiger partial charge < -0.3 is 4.98 Å². The number of H-pyrrole nitrogens is 1. The number of imidazole rings is 1. The minimum atomic E-state index is -4.57. The second kappa shape index (κ2) is 8.04. The molecular formula is C24H19F6N3. The molecule has 2 heterocycles. The summed E-state index contributed by atoms with van der Waals surface area (Å²) in [4.78, 5) is 10.8. The Morgan fingerprint density at radius 2 is 1.61 bits per heavy atom. The average molecular weight is 463 g/mol. The van der Waals surface area contributed by atoms with Gasteiger partial charge in [0.05, 0.1) is 16.6 Å². The summed E-state index contributed by atoms with van der Waals surface area (Å²) in [5.41, 5.74) is 1.51. The van der Waals surface area contributed by atoms with E-state index in [1.54, 1.807) is 18.3 Å². The van der Waals surface area contributed by atoms with Crippen LogP contribution >= 0.6 is 0 Å². The number of alkyl halides is 3. The Balaban J connectivity index is 1.42. The van der Waals surface area contributed by atoms with Crippen LogP contribution < -0.4 is 0 Å². The molecule has 0 unspecified atom stereocenters. The molecule has 9 heteroatoms. The number of halogens is 6. The second-order valence-electron chi connectivity index (χ2n) is 8.60. The Labute approximate surface area is 184 Å². The van der Waals surface area contributed by atoms with Crippen LogP contribution in [0, 0.1) is 23.4 Å². The van der Waals surface area contributed by atoms with Gasteiger partial charge in [0.2, 0.25) is 0 Å². The number of nitrogens with one attached hydrogen (secondary N) is 1. The highest BCUT2D eigenvalue weighted by molar-refractivity contribution is 5.82. The third-order valence-corrected chi connectivity index (χ3v) is 6.61. The fourth-order valence-corrected chi connectivity index (χ4v) is 5.08. The van der Waals surface area contributed by atoms with E-state index >= 15 is 0 Å². The number of pyridine rings is 1. The van der Waals surface area contributed by atoms with Crippen LogP contribution in [-0.2, 0) is 0 Å². The zero-order valence-corrected chi connectivity index (χ0v) is 17.3. The zero-order chi connectivity index (χ0) is 23.3. The van der Waals surface area contributed by atoms with E-state index in [-0.39, 0.29) is 41.4 Å². The maximum absolute atomic E-state index is 14.1. The molecule has 1 fully saturated rings. The summed E-state index contributed by atoms with van der Waals surface area (Å²) in [6.45, 7) is 0. The summed E-state index contributed by atoms with van der Waals surface area (Å²) >= 11 is 0. The van der Waals surface area contributed by atoms with Gasteiger partial charge in [-0.2, -0.15) is 13.2 Å². The zero-order valence-electron chi connectivity index (χ0n) is 17.3. The molecule has 0 spiro atoms. The fraction of sp³-hybridized carbons (Fsp3) is 0.333. The van der Waals surface area contributed by atoms with E-state index in [1.165, 1.54) is 12.1 Å². The first-order valence-electron chi connectivity index (χ1n) is 10.7. The van der Waals surface area contributed by atoms with Crippen LogP contribution in [0.5, 0.6) is 0 Å². The summed E-state index contributed by atoms with van der Waals surface area (Å²) in [7, 11) is 0. The molecule has 1 N–H and O–H groups in total. The Hall–Kier alpha value is -3.10. The van der Waals surface area contributed by atoms with Gasteiger partial charge in [-0.25, -0.2) is 18.2 Å². The highest BCUT2D eigenvalue weighted by atomic mass is 19.4. The normalized spacial score (nSPS) is 20.4. The third-order valence-electron chi connectivity index (χ3n) is 6.61.